The molecule has 0 saturated carbocycles. The number of carbonyl (C=O) groups is 3. The molecule has 0 aliphatic carbocycles. The molecule has 0 radical (unpaired) electrons. The molecule has 0 saturated heterocycles. The van der Waals surface area contributed by atoms with Crippen LogP contribution < -0.4 is 10.6 Å². The second-order valence-corrected chi connectivity index (χ2v) is 6.72. The summed E-state index contributed by atoms with van der Waals surface area (Å²) in [6.45, 7) is 7.09. The summed E-state index contributed by atoms with van der Waals surface area (Å²) in [6, 6.07) is 7.81. The Kier molecular flexibility index (Phi) is 6.39. The number of amides is 2. The maximum Gasteiger partial charge on any atom is 0.339 e. The molecule has 1 aromatic carbocycles. The van der Waals surface area contributed by atoms with E-state index in [2.05, 4.69) is 10.6 Å². The van der Waals surface area contributed by atoms with Crippen LogP contribution in [0.2, 0.25) is 0 Å². The van der Waals surface area contributed by atoms with Crippen LogP contribution in [0, 0.1) is 19.8 Å². The fourth-order valence-electron chi connectivity index (χ4n) is 2.71. The van der Waals surface area contributed by atoms with E-state index in [0.29, 0.717) is 11.3 Å². The molecule has 7 nitrogen and oxygen atoms in total. The molecule has 1 heterocycles. The molecule has 3 N–H and O–H groups in total. The van der Waals surface area contributed by atoms with Gasteiger partial charge in [0.25, 0.3) is 5.91 Å². The average Bonchev–Trinajstić information content (AvgIpc) is 2.98. The Hall–Kier alpha value is -3.09. The quantitative estimate of drug-likeness (QED) is 0.692. The summed E-state index contributed by atoms with van der Waals surface area (Å²) >= 11 is 0. The van der Waals surface area contributed by atoms with E-state index < -0.39 is 12.0 Å². The van der Waals surface area contributed by atoms with E-state index in [4.69, 9.17) is 9.52 Å². The van der Waals surface area contributed by atoms with Crippen molar-refractivity contribution in [2.75, 3.05) is 0 Å². The molecule has 1 atom stereocenters. The van der Waals surface area contributed by atoms with Gasteiger partial charge in [0, 0.05) is 5.56 Å². The predicted octanol–water partition coefficient (Wildman–Crippen LogP) is 2.67. The number of carbonyl (C=O) groups excluding carboxylic acids is 2. The molecule has 1 aromatic heterocycles. The van der Waals surface area contributed by atoms with E-state index in [1.165, 1.54) is 6.07 Å². The fourth-order valence-corrected chi connectivity index (χ4v) is 2.71. The topological polar surface area (TPSA) is 109 Å². The lowest BCUT2D eigenvalue weighted by Gasteiger charge is -2.22. The third-order valence-corrected chi connectivity index (χ3v) is 4.26. The largest absolute Gasteiger partial charge is 0.478 e. The molecule has 0 bridgehead atoms. The van der Waals surface area contributed by atoms with E-state index in [-0.39, 0.29) is 35.6 Å². The van der Waals surface area contributed by atoms with Gasteiger partial charge in [-0.05, 0) is 37.5 Å². The third-order valence-electron chi connectivity index (χ3n) is 4.26. The van der Waals surface area contributed by atoms with Crippen LogP contribution in [0.1, 0.15) is 51.6 Å². The summed E-state index contributed by atoms with van der Waals surface area (Å²) in [5.74, 6) is -1.28. The van der Waals surface area contributed by atoms with Gasteiger partial charge in [-0.15, -0.1) is 0 Å². The second kappa shape index (κ2) is 8.53. The predicted molar refractivity (Wildman–Crippen MR) is 99.5 cm³/mol. The Balaban J connectivity index is 2.04. The number of carboxylic acid groups (broad SMARTS) is 1. The highest BCUT2D eigenvalue weighted by atomic mass is 16.4. The number of benzene rings is 1. The highest BCUT2D eigenvalue weighted by Crippen LogP contribution is 2.15. The molecule has 0 aliphatic rings. The van der Waals surface area contributed by atoms with Gasteiger partial charge >= 0.3 is 5.97 Å². The van der Waals surface area contributed by atoms with Crippen molar-refractivity contribution in [3.05, 3.63) is 58.5 Å². The first-order valence-corrected chi connectivity index (χ1v) is 8.67. The lowest BCUT2D eigenvalue weighted by atomic mass is 10.0. The molecule has 2 rings (SSSR count). The Morgan fingerprint density at radius 1 is 1.11 bits per heavy atom. The molecule has 0 spiro atoms. The van der Waals surface area contributed by atoms with Crippen molar-refractivity contribution < 1.29 is 23.9 Å². The van der Waals surface area contributed by atoms with Crippen molar-refractivity contribution in [3.8, 4) is 0 Å². The number of furan rings is 1. The number of hydrogen-bond donors (Lipinski definition) is 3. The average molecular weight is 372 g/mol. The van der Waals surface area contributed by atoms with Gasteiger partial charge in [-0.2, -0.15) is 0 Å². The van der Waals surface area contributed by atoms with Crippen LogP contribution in [-0.2, 0) is 11.3 Å². The SMILES string of the molecule is Cc1ccccc1C(=O)NC(C(=O)NCc1cc(C(=O)O)c(C)o1)C(C)C. The van der Waals surface area contributed by atoms with Gasteiger partial charge in [-0.1, -0.05) is 32.0 Å². The van der Waals surface area contributed by atoms with Gasteiger partial charge in [0.2, 0.25) is 5.91 Å². The molecule has 144 valence electrons. The van der Waals surface area contributed by atoms with Crippen LogP contribution in [0.15, 0.2) is 34.7 Å². The normalized spacial score (nSPS) is 11.9. The first kappa shape index (κ1) is 20.2. The number of nitrogens with one attached hydrogen (secondary N) is 2. The van der Waals surface area contributed by atoms with E-state index in [1.54, 1.807) is 19.1 Å². The van der Waals surface area contributed by atoms with Crippen molar-refractivity contribution in [3.63, 3.8) is 0 Å². The van der Waals surface area contributed by atoms with Crippen LogP contribution in [-0.4, -0.2) is 28.9 Å². The van der Waals surface area contributed by atoms with E-state index in [1.807, 2.05) is 32.9 Å². The molecular weight excluding hydrogens is 348 g/mol. The number of carboxylic acids is 1. The fraction of sp³-hybridized carbons (Fsp3) is 0.350. The zero-order chi connectivity index (χ0) is 20.1. The first-order valence-electron chi connectivity index (χ1n) is 8.67. The van der Waals surface area contributed by atoms with Gasteiger partial charge in [0.15, 0.2) is 0 Å². The summed E-state index contributed by atoms with van der Waals surface area (Å²) in [6.07, 6.45) is 0. The van der Waals surface area contributed by atoms with Crippen LogP contribution in [0.4, 0.5) is 0 Å². The molecule has 27 heavy (non-hydrogen) atoms. The first-order chi connectivity index (χ1) is 12.7. The van der Waals surface area contributed by atoms with Gasteiger partial charge in [0.1, 0.15) is 23.1 Å². The van der Waals surface area contributed by atoms with E-state index in [9.17, 15) is 14.4 Å². The van der Waals surface area contributed by atoms with Crippen molar-refractivity contribution in [2.45, 2.75) is 40.3 Å². The van der Waals surface area contributed by atoms with Crippen molar-refractivity contribution in [1.82, 2.24) is 10.6 Å². The van der Waals surface area contributed by atoms with Crippen LogP contribution in [0.5, 0.6) is 0 Å². The van der Waals surface area contributed by atoms with Crippen molar-refractivity contribution in [1.29, 1.82) is 0 Å². The second-order valence-electron chi connectivity index (χ2n) is 6.72. The lowest BCUT2D eigenvalue weighted by molar-refractivity contribution is -0.124. The molecule has 2 aromatic rings. The van der Waals surface area contributed by atoms with Crippen molar-refractivity contribution >= 4 is 17.8 Å². The van der Waals surface area contributed by atoms with Gasteiger partial charge < -0.3 is 20.2 Å². The summed E-state index contributed by atoms with van der Waals surface area (Å²) in [5, 5.41) is 14.5. The molecule has 7 heteroatoms. The van der Waals surface area contributed by atoms with E-state index in [0.717, 1.165) is 5.56 Å². The standard InChI is InChI=1S/C20H24N2O5/c1-11(2)17(22-18(23)15-8-6-5-7-12(15)3)19(24)21-10-14-9-16(20(25)26)13(4)27-14/h5-9,11,17H,10H2,1-4H3,(H,21,24)(H,22,23)(H,25,26). The van der Waals surface area contributed by atoms with Gasteiger partial charge in [0.05, 0.1) is 6.54 Å². The Labute approximate surface area is 157 Å². The van der Waals surface area contributed by atoms with Crippen LogP contribution in [0.25, 0.3) is 0 Å². The minimum absolute atomic E-state index is 0.0381. The maximum atomic E-state index is 12.6. The smallest absolute Gasteiger partial charge is 0.339 e. The Morgan fingerprint density at radius 2 is 1.78 bits per heavy atom. The zero-order valence-corrected chi connectivity index (χ0v) is 15.8. The van der Waals surface area contributed by atoms with Crippen molar-refractivity contribution in [2.24, 2.45) is 5.92 Å². The maximum absolute atomic E-state index is 12.6. The highest BCUT2D eigenvalue weighted by Gasteiger charge is 2.25. The summed E-state index contributed by atoms with van der Waals surface area (Å²) in [7, 11) is 0. The monoisotopic (exact) mass is 372 g/mol. The number of aromatic carboxylic acids is 1. The molecule has 0 aliphatic heterocycles. The summed E-state index contributed by atoms with van der Waals surface area (Å²) in [5.41, 5.74) is 1.40. The Morgan fingerprint density at radius 3 is 2.33 bits per heavy atom. The number of rotatable bonds is 7. The molecule has 0 fully saturated rings. The molecular formula is C20H24N2O5. The lowest BCUT2D eigenvalue weighted by Crippen LogP contribution is -2.49. The van der Waals surface area contributed by atoms with Gasteiger partial charge in [-0.25, -0.2) is 4.79 Å². The third kappa shape index (κ3) is 4.97. The van der Waals surface area contributed by atoms with Crippen LogP contribution >= 0.6 is 0 Å². The van der Waals surface area contributed by atoms with Gasteiger partial charge in [-0.3, -0.25) is 9.59 Å². The number of hydrogen-bond acceptors (Lipinski definition) is 4. The number of aryl methyl sites for hydroxylation is 2. The molecule has 2 amide bonds. The highest BCUT2D eigenvalue weighted by molar-refractivity contribution is 5.98. The minimum Gasteiger partial charge on any atom is -0.478 e. The minimum atomic E-state index is -1.08. The van der Waals surface area contributed by atoms with E-state index >= 15 is 0 Å². The summed E-state index contributed by atoms with van der Waals surface area (Å²) < 4.78 is 5.35. The molecule has 1 unspecified atom stereocenters. The Bertz CT molecular complexity index is 854. The zero-order valence-electron chi connectivity index (χ0n) is 15.8. The van der Waals surface area contributed by atoms with Crippen LogP contribution in [0.3, 0.4) is 0 Å². The summed E-state index contributed by atoms with van der Waals surface area (Å²) in [4.78, 5) is 36.1.